The molecule has 0 atom stereocenters. The molecule has 0 unspecified atom stereocenters. The van der Waals surface area contributed by atoms with Crippen LogP contribution in [0.2, 0.25) is 26.2 Å². The second-order valence-corrected chi connectivity index (χ2v) is 22.2. The monoisotopic (exact) mass is 612 g/mol. The van der Waals surface area contributed by atoms with Crippen molar-refractivity contribution in [2.45, 2.75) is 39.0 Å². The van der Waals surface area contributed by atoms with Crippen LogP contribution in [0.1, 0.15) is 22.3 Å². The summed E-state index contributed by atoms with van der Waals surface area (Å²) in [5.41, 5.74) is 11.0. The molecule has 0 saturated heterocycles. The fraction of sp³-hybridized carbons (Fsp3) is 0.200. The van der Waals surface area contributed by atoms with Crippen molar-refractivity contribution in [1.29, 1.82) is 0 Å². The average molecular weight is 613 g/mol. The van der Waals surface area contributed by atoms with Crippen LogP contribution in [-0.2, 0) is 51.2 Å². The Bertz CT molecular complexity index is 1110. The first kappa shape index (κ1) is 33.4. The van der Waals surface area contributed by atoms with E-state index in [0.29, 0.717) is 0 Å². The van der Waals surface area contributed by atoms with Crippen molar-refractivity contribution in [2.24, 2.45) is 0 Å². The predicted molar refractivity (Wildman–Crippen MR) is 142 cm³/mol. The van der Waals surface area contributed by atoms with Gasteiger partial charge in [-0.3, -0.25) is 0 Å². The molecule has 182 valence electrons. The number of halogens is 2. The molecule has 0 fully saturated rings. The number of benzene rings is 4. The molecule has 0 spiro atoms. The van der Waals surface area contributed by atoms with Crippen molar-refractivity contribution >= 4 is 12.4 Å². The minimum atomic E-state index is 0. The van der Waals surface area contributed by atoms with E-state index in [4.69, 9.17) is 0 Å². The maximum atomic E-state index is 3.30. The molecule has 6 heteroatoms. The molecule has 0 N–H and O–H groups in total. The van der Waals surface area contributed by atoms with Crippen molar-refractivity contribution in [3.8, 4) is 22.3 Å². The molecule has 2 aliphatic carbocycles. The SMILES string of the molecule is C[Si](C)=[Ti+].C[Si](C)=[Ti+].[Cl-].[Cl-].[c-]1cccc2c1Cc1ccccc1-2.[c-]1cccc2c1Cc1ccccc1-2. The van der Waals surface area contributed by atoms with Gasteiger partial charge in [-0.05, 0) is 12.8 Å². The van der Waals surface area contributed by atoms with E-state index in [1.807, 2.05) is 12.1 Å². The summed E-state index contributed by atoms with van der Waals surface area (Å²) in [5, 5.41) is 0. The number of hydrogen-bond donors (Lipinski definition) is 0. The van der Waals surface area contributed by atoms with E-state index >= 15 is 0 Å². The van der Waals surface area contributed by atoms with E-state index in [9.17, 15) is 0 Å². The zero-order valence-electron chi connectivity index (χ0n) is 21.3. The van der Waals surface area contributed by atoms with Gasteiger partial charge in [-0.15, -0.1) is 11.1 Å². The minimum absolute atomic E-state index is 0. The first-order chi connectivity index (χ1) is 16.4. The first-order valence-electron chi connectivity index (χ1n) is 11.6. The molecule has 2 aliphatic rings. The molecule has 0 radical (unpaired) electrons. The normalized spacial score (nSPS) is 10.4. The standard InChI is InChI=1S/2C13H9.2C2H6Si.2ClH.2Ti/c2*1-3-7-12-10(5-1)9-11-6-2-4-8-13(11)12;2*1-3-2;;;;/h2*1-5,7-8H,9H2;2*1-2H3;2*1H;;/q2*-1;;;;;2*+1/p-2. The van der Waals surface area contributed by atoms with Crippen molar-refractivity contribution in [3.05, 3.63) is 119 Å². The number of hydrogen-bond acceptors (Lipinski definition) is 0. The van der Waals surface area contributed by atoms with Crippen LogP contribution < -0.4 is 24.8 Å². The van der Waals surface area contributed by atoms with Gasteiger partial charge in [0.15, 0.2) is 0 Å². The third kappa shape index (κ3) is 9.89. The Morgan fingerprint density at radius 1 is 0.528 bits per heavy atom. The van der Waals surface area contributed by atoms with Gasteiger partial charge in [-0.25, -0.2) is 0 Å². The van der Waals surface area contributed by atoms with Crippen LogP contribution in [0.4, 0.5) is 0 Å². The molecular formula is C30H30Cl2Si2Ti2-2. The largest absolute Gasteiger partial charge is 1.00 e. The smallest absolute Gasteiger partial charge is 0.0253 e. The predicted octanol–water partition coefficient (Wildman–Crippen LogP) is 1.69. The van der Waals surface area contributed by atoms with Gasteiger partial charge < -0.3 is 24.8 Å². The van der Waals surface area contributed by atoms with Gasteiger partial charge in [0.1, 0.15) is 0 Å². The van der Waals surface area contributed by atoms with Crippen LogP contribution in [0.15, 0.2) is 84.9 Å². The van der Waals surface area contributed by atoms with Crippen LogP contribution in [0.25, 0.3) is 22.3 Å². The zero-order valence-corrected chi connectivity index (χ0v) is 27.9. The summed E-state index contributed by atoms with van der Waals surface area (Å²) in [7, 11) is 0. The van der Waals surface area contributed by atoms with Gasteiger partial charge in [-0.1, -0.05) is 70.8 Å². The molecule has 0 aliphatic heterocycles. The summed E-state index contributed by atoms with van der Waals surface area (Å²) < 4.78 is 0. The summed E-state index contributed by atoms with van der Waals surface area (Å²) in [6.07, 6.45) is 2.34. The fourth-order valence-corrected chi connectivity index (χ4v) is 4.00. The summed E-state index contributed by atoms with van der Waals surface area (Å²) in [6, 6.07) is 36.2. The zero-order chi connectivity index (χ0) is 24.5. The van der Waals surface area contributed by atoms with Crippen LogP contribution in [0, 0.1) is 12.1 Å². The molecule has 6 rings (SSSR count). The molecule has 0 nitrogen and oxygen atoms in total. The van der Waals surface area contributed by atoms with Crippen molar-refractivity contribution < 1.29 is 63.2 Å². The topological polar surface area (TPSA) is 0 Å². The Morgan fingerprint density at radius 3 is 1.19 bits per heavy atom. The van der Waals surface area contributed by atoms with Gasteiger partial charge >= 0.3 is 76.9 Å². The molecular weight excluding hydrogens is 583 g/mol. The van der Waals surface area contributed by atoms with E-state index in [1.54, 1.807) is 0 Å². The molecule has 0 amide bonds. The van der Waals surface area contributed by atoms with Gasteiger partial charge in [-0.2, -0.15) is 59.7 Å². The van der Waals surface area contributed by atoms with Crippen LogP contribution in [0.3, 0.4) is 0 Å². The van der Waals surface area contributed by atoms with E-state index in [0.717, 1.165) is 12.8 Å². The van der Waals surface area contributed by atoms with E-state index in [2.05, 4.69) is 149 Å². The Kier molecular flexibility index (Phi) is 15.8. The van der Waals surface area contributed by atoms with Gasteiger partial charge in [0, 0.05) is 0 Å². The maximum Gasteiger partial charge on any atom is -0.0253 e. The Hall–Kier alpha value is -0.678. The third-order valence-electron chi connectivity index (χ3n) is 5.23. The molecule has 0 heterocycles. The molecule has 4 aromatic rings. The van der Waals surface area contributed by atoms with Crippen LogP contribution in [-0.4, -0.2) is 12.4 Å². The average Bonchev–Trinajstić information content (AvgIpc) is 3.37. The summed E-state index contributed by atoms with van der Waals surface area (Å²) >= 11 is 4.54. The minimum Gasteiger partial charge on any atom is -1.00 e. The van der Waals surface area contributed by atoms with Gasteiger partial charge in [0.2, 0.25) is 0 Å². The number of rotatable bonds is 0. The van der Waals surface area contributed by atoms with E-state index in [-0.39, 0.29) is 37.2 Å². The van der Waals surface area contributed by atoms with E-state index in [1.165, 1.54) is 44.5 Å². The fourth-order valence-electron chi connectivity index (χ4n) is 4.00. The van der Waals surface area contributed by atoms with Crippen molar-refractivity contribution in [2.75, 3.05) is 0 Å². The van der Waals surface area contributed by atoms with Crippen molar-refractivity contribution in [1.82, 2.24) is 0 Å². The Morgan fingerprint density at radius 2 is 0.833 bits per heavy atom. The second kappa shape index (κ2) is 17.0. The molecule has 0 bridgehead atoms. The number of fused-ring (bicyclic) bond motifs is 6. The van der Waals surface area contributed by atoms with E-state index < -0.39 is 0 Å². The van der Waals surface area contributed by atoms with Crippen LogP contribution in [0.5, 0.6) is 0 Å². The second-order valence-electron chi connectivity index (χ2n) is 8.79. The third-order valence-corrected chi connectivity index (χ3v) is 5.23. The molecule has 4 aromatic carbocycles. The molecule has 0 saturated carbocycles. The first-order valence-corrected chi connectivity index (χ1v) is 21.2. The Balaban J connectivity index is 0.000000269. The molecule has 0 aromatic heterocycles. The summed E-state index contributed by atoms with van der Waals surface area (Å²) in [6.45, 7) is 9.07. The summed E-state index contributed by atoms with van der Waals surface area (Å²) in [4.78, 5) is 0. The quantitative estimate of drug-likeness (QED) is 0.181. The van der Waals surface area contributed by atoms with Crippen molar-refractivity contribution in [3.63, 3.8) is 0 Å². The molecule has 36 heavy (non-hydrogen) atoms. The van der Waals surface area contributed by atoms with Gasteiger partial charge in [0.05, 0.1) is 0 Å². The van der Waals surface area contributed by atoms with Crippen LogP contribution >= 0.6 is 0 Å². The van der Waals surface area contributed by atoms with Gasteiger partial charge in [0.25, 0.3) is 0 Å². The maximum absolute atomic E-state index is 3.30. The Labute approximate surface area is 254 Å². The summed E-state index contributed by atoms with van der Waals surface area (Å²) in [5.74, 6) is 0.